The summed E-state index contributed by atoms with van der Waals surface area (Å²) in [6.07, 6.45) is 8.79. The van der Waals surface area contributed by atoms with E-state index in [1.165, 1.54) is 44.8 Å². The van der Waals surface area contributed by atoms with Crippen LogP contribution >= 0.6 is 0 Å². The Labute approximate surface area is 127 Å². The molecule has 2 fully saturated rings. The summed E-state index contributed by atoms with van der Waals surface area (Å²) in [6, 6.07) is 5.93. The van der Waals surface area contributed by atoms with Crippen molar-refractivity contribution in [3.05, 3.63) is 18.2 Å². The lowest BCUT2D eigenvalue weighted by molar-refractivity contribution is 0.244. The molecule has 0 aromatic heterocycles. The van der Waals surface area contributed by atoms with Gasteiger partial charge in [0.1, 0.15) is 0 Å². The van der Waals surface area contributed by atoms with Crippen molar-refractivity contribution in [1.82, 2.24) is 0 Å². The van der Waals surface area contributed by atoms with Gasteiger partial charge in [-0.1, -0.05) is 18.9 Å². The highest BCUT2D eigenvalue weighted by atomic mass is 32.2. The molecule has 5 heteroatoms. The van der Waals surface area contributed by atoms with Crippen LogP contribution in [0.15, 0.2) is 23.1 Å². The summed E-state index contributed by atoms with van der Waals surface area (Å²) in [5, 5.41) is 0. The molecule has 1 aromatic carbocycles. The molecule has 3 rings (SSSR count). The summed E-state index contributed by atoms with van der Waals surface area (Å²) in [5.41, 5.74) is 7.54. The van der Waals surface area contributed by atoms with Crippen LogP contribution in [0.3, 0.4) is 0 Å². The number of hydrogen-bond acceptors (Lipinski definition) is 4. The van der Waals surface area contributed by atoms with Gasteiger partial charge in [0.05, 0.1) is 16.3 Å². The third-order valence-corrected chi connectivity index (χ3v) is 6.15. The van der Waals surface area contributed by atoms with Gasteiger partial charge in [-0.15, -0.1) is 0 Å². The van der Waals surface area contributed by atoms with Crippen molar-refractivity contribution in [3.8, 4) is 0 Å². The number of piperidine rings is 1. The minimum atomic E-state index is -3.28. The van der Waals surface area contributed by atoms with Crippen LogP contribution in [-0.4, -0.2) is 27.3 Å². The largest absolute Gasteiger partial charge is 0.396 e. The molecule has 0 bridgehead atoms. The summed E-state index contributed by atoms with van der Waals surface area (Å²) < 4.78 is 23.7. The molecule has 1 aliphatic heterocycles. The highest BCUT2D eigenvalue weighted by molar-refractivity contribution is 7.90. The van der Waals surface area contributed by atoms with Gasteiger partial charge in [0.25, 0.3) is 0 Å². The topological polar surface area (TPSA) is 63.4 Å². The number of nitrogens with two attached hydrogens (primary N) is 1. The maximum absolute atomic E-state index is 11.9. The standard InChI is InChI=1S/C16H24N2O2S/c1-21(19,20)15-10-4-9-14(16(15)17)18-11-5-7-12-6-2-3-8-13(12)18/h4,9-10,12-13H,2-3,5-8,11,17H2,1H3/t12-,13-/m1/s1. The van der Waals surface area contributed by atoms with Crippen LogP contribution in [0, 0.1) is 5.92 Å². The van der Waals surface area contributed by atoms with E-state index in [0.29, 0.717) is 11.7 Å². The number of benzene rings is 1. The van der Waals surface area contributed by atoms with Gasteiger partial charge >= 0.3 is 0 Å². The molecule has 1 saturated heterocycles. The number of fused-ring (bicyclic) bond motifs is 1. The quantitative estimate of drug-likeness (QED) is 0.853. The van der Waals surface area contributed by atoms with Gasteiger partial charge in [-0.25, -0.2) is 8.42 Å². The number of sulfone groups is 1. The van der Waals surface area contributed by atoms with Crippen molar-refractivity contribution < 1.29 is 8.42 Å². The zero-order valence-electron chi connectivity index (χ0n) is 12.6. The van der Waals surface area contributed by atoms with E-state index in [9.17, 15) is 8.42 Å². The first-order chi connectivity index (χ1) is 9.98. The fourth-order valence-corrected chi connectivity index (χ4v) is 4.86. The van der Waals surface area contributed by atoms with Gasteiger partial charge < -0.3 is 10.6 Å². The van der Waals surface area contributed by atoms with E-state index in [1.54, 1.807) is 6.07 Å². The van der Waals surface area contributed by atoms with Gasteiger partial charge in [0, 0.05) is 18.8 Å². The van der Waals surface area contributed by atoms with Crippen molar-refractivity contribution >= 4 is 21.2 Å². The molecule has 116 valence electrons. The Bertz CT molecular complexity index is 625. The minimum Gasteiger partial charge on any atom is -0.396 e. The Hall–Kier alpha value is -1.23. The summed E-state index contributed by atoms with van der Waals surface area (Å²) in [5.74, 6) is 0.744. The first kappa shape index (κ1) is 14.7. The van der Waals surface area contributed by atoms with Gasteiger partial charge in [0.15, 0.2) is 9.84 Å². The number of rotatable bonds is 2. The molecular formula is C16H24N2O2S. The molecule has 2 atom stereocenters. The fourth-order valence-electron chi connectivity index (χ4n) is 4.03. The lowest BCUT2D eigenvalue weighted by atomic mass is 9.78. The number of nitrogen functional groups attached to an aromatic ring is 1. The van der Waals surface area contributed by atoms with Gasteiger partial charge in [0.2, 0.25) is 0 Å². The molecular weight excluding hydrogens is 284 g/mol. The molecule has 0 amide bonds. The van der Waals surface area contributed by atoms with E-state index in [2.05, 4.69) is 4.90 Å². The van der Waals surface area contributed by atoms with Crippen molar-refractivity contribution in [2.45, 2.75) is 49.5 Å². The van der Waals surface area contributed by atoms with E-state index >= 15 is 0 Å². The molecule has 1 heterocycles. The summed E-state index contributed by atoms with van der Waals surface area (Å²) in [7, 11) is -3.28. The molecule has 2 aliphatic rings. The van der Waals surface area contributed by atoms with E-state index in [4.69, 9.17) is 5.73 Å². The molecule has 1 saturated carbocycles. The van der Waals surface area contributed by atoms with E-state index < -0.39 is 9.84 Å². The average Bonchev–Trinajstić information content (AvgIpc) is 2.46. The van der Waals surface area contributed by atoms with E-state index in [0.717, 1.165) is 18.2 Å². The summed E-state index contributed by atoms with van der Waals surface area (Å²) in [6.45, 7) is 0.985. The Balaban J connectivity index is 1.99. The second-order valence-electron chi connectivity index (χ2n) is 6.41. The molecule has 0 radical (unpaired) electrons. The van der Waals surface area contributed by atoms with Crippen molar-refractivity contribution in [1.29, 1.82) is 0 Å². The normalized spacial score (nSPS) is 26.4. The number of para-hydroxylation sites is 1. The van der Waals surface area contributed by atoms with Gasteiger partial charge in [-0.3, -0.25) is 0 Å². The molecule has 1 aliphatic carbocycles. The highest BCUT2D eigenvalue weighted by Crippen LogP contribution is 2.40. The second-order valence-corrected chi connectivity index (χ2v) is 8.39. The average molecular weight is 308 g/mol. The molecule has 4 nitrogen and oxygen atoms in total. The maximum atomic E-state index is 11.9. The van der Waals surface area contributed by atoms with Crippen LogP contribution in [0.25, 0.3) is 0 Å². The Kier molecular flexibility index (Phi) is 3.86. The second kappa shape index (κ2) is 5.52. The van der Waals surface area contributed by atoms with Crippen molar-refractivity contribution in [3.63, 3.8) is 0 Å². The van der Waals surface area contributed by atoms with Crippen LogP contribution in [0.2, 0.25) is 0 Å². The zero-order chi connectivity index (χ0) is 15.0. The highest BCUT2D eigenvalue weighted by Gasteiger charge is 2.34. The van der Waals surface area contributed by atoms with Gasteiger partial charge in [-0.2, -0.15) is 0 Å². The fraction of sp³-hybridized carbons (Fsp3) is 0.625. The van der Waals surface area contributed by atoms with E-state index in [1.807, 2.05) is 12.1 Å². The van der Waals surface area contributed by atoms with Crippen molar-refractivity contribution in [2.75, 3.05) is 23.4 Å². The first-order valence-corrected chi connectivity index (χ1v) is 9.73. The Morgan fingerprint density at radius 3 is 2.62 bits per heavy atom. The number of hydrogen-bond donors (Lipinski definition) is 1. The van der Waals surface area contributed by atoms with E-state index in [-0.39, 0.29) is 4.90 Å². The lowest BCUT2D eigenvalue weighted by Crippen LogP contribution is -2.47. The van der Waals surface area contributed by atoms with Gasteiger partial charge in [-0.05, 0) is 43.7 Å². The Morgan fingerprint density at radius 2 is 1.86 bits per heavy atom. The molecule has 0 unspecified atom stereocenters. The predicted octanol–water partition coefficient (Wildman–Crippen LogP) is 2.83. The maximum Gasteiger partial charge on any atom is 0.177 e. The smallest absolute Gasteiger partial charge is 0.177 e. The first-order valence-electron chi connectivity index (χ1n) is 7.83. The summed E-state index contributed by atoms with van der Waals surface area (Å²) >= 11 is 0. The van der Waals surface area contributed by atoms with Crippen LogP contribution in [-0.2, 0) is 9.84 Å². The van der Waals surface area contributed by atoms with Crippen molar-refractivity contribution in [2.24, 2.45) is 5.92 Å². The minimum absolute atomic E-state index is 0.262. The lowest BCUT2D eigenvalue weighted by Gasteiger charge is -2.46. The molecule has 1 aromatic rings. The molecule has 2 N–H and O–H groups in total. The third kappa shape index (κ3) is 2.76. The molecule has 21 heavy (non-hydrogen) atoms. The Morgan fingerprint density at radius 1 is 1.14 bits per heavy atom. The molecule has 0 spiro atoms. The van der Waals surface area contributed by atoms with Crippen LogP contribution < -0.4 is 10.6 Å². The zero-order valence-corrected chi connectivity index (χ0v) is 13.4. The van der Waals surface area contributed by atoms with Crippen LogP contribution in [0.5, 0.6) is 0 Å². The summed E-state index contributed by atoms with van der Waals surface area (Å²) in [4.78, 5) is 2.63. The number of anilines is 2. The van der Waals surface area contributed by atoms with Crippen LogP contribution in [0.4, 0.5) is 11.4 Å². The van der Waals surface area contributed by atoms with Crippen LogP contribution in [0.1, 0.15) is 38.5 Å². The monoisotopic (exact) mass is 308 g/mol. The third-order valence-electron chi connectivity index (χ3n) is 5.00. The predicted molar refractivity (Wildman–Crippen MR) is 86.3 cm³/mol. The number of nitrogens with zero attached hydrogens (tertiary/aromatic N) is 1. The SMILES string of the molecule is CS(=O)(=O)c1cccc(N2CCC[C@H]3CCCC[C@H]32)c1N.